The van der Waals surface area contributed by atoms with Gasteiger partial charge in [-0.25, -0.2) is 0 Å². The van der Waals surface area contributed by atoms with E-state index in [9.17, 15) is 0 Å². The molecule has 2 aromatic rings. The van der Waals surface area contributed by atoms with Gasteiger partial charge in [0.1, 0.15) is 12.4 Å². The number of rotatable bonds is 5. The normalized spacial score (nSPS) is 9.76. The Bertz CT molecular complexity index is 626. The minimum Gasteiger partial charge on any atom is -0.487 e. The van der Waals surface area contributed by atoms with Crippen molar-refractivity contribution in [1.82, 2.24) is 0 Å². The van der Waals surface area contributed by atoms with Crippen molar-refractivity contribution in [2.45, 2.75) is 6.92 Å². The number of hydrogen-bond donors (Lipinski definition) is 2. The van der Waals surface area contributed by atoms with Gasteiger partial charge in [-0.05, 0) is 49.0 Å². The highest BCUT2D eigenvalue weighted by Gasteiger charge is 2.05. The van der Waals surface area contributed by atoms with Crippen LogP contribution < -0.4 is 15.4 Å². The maximum atomic E-state index is 5.70. The van der Waals surface area contributed by atoms with E-state index < -0.39 is 0 Å². The molecule has 2 rings (SSSR count). The first-order chi connectivity index (χ1) is 10.1. The van der Waals surface area contributed by atoms with Crippen LogP contribution in [0.25, 0.3) is 0 Å². The van der Waals surface area contributed by atoms with Crippen LogP contribution in [0.5, 0.6) is 5.75 Å². The summed E-state index contributed by atoms with van der Waals surface area (Å²) < 4.78 is 5.70. The smallest absolute Gasteiger partial charge is 0.175 e. The molecule has 0 bridgehead atoms. The summed E-state index contributed by atoms with van der Waals surface area (Å²) in [4.78, 5) is 0. The van der Waals surface area contributed by atoms with Crippen molar-refractivity contribution in [3.63, 3.8) is 0 Å². The lowest BCUT2D eigenvalue weighted by Gasteiger charge is -2.14. The Morgan fingerprint density at radius 2 is 1.71 bits per heavy atom. The zero-order chi connectivity index (χ0) is 15.1. The van der Waals surface area contributed by atoms with Gasteiger partial charge in [-0.2, -0.15) is 0 Å². The lowest BCUT2D eigenvalue weighted by Crippen LogP contribution is -2.19. The van der Waals surface area contributed by atoms with Crippen molar-refractivity contribution < 1.29 is 4.74 Å². The molecular weight excluding hydrogens is 280 g/mol. The number of anilines is 2. The first-order valence-corrected chi connectivity index (χ1v) is 7.05. The molecule has 4 heteroatoms. The standard InChI is InChI=1S/C17H18N2OS/c1-13(2)12-20-16-11-7-6-10-15(16)19-17(21)18-14-8-4-3-5-9-14/h3-11H,1,12H2,2H3,(H2,18,19,21). The molecule has 2 N–H and O–H groups in total. The van der Waals surface area contributed by atoms with Crippen molar-refractivity contribution in [3.8, 4) is 5.75 Å². The minimum atomic E-state index is 0.484. The summed E-state index contributed by atoms with van der Waals surface area (Å²) >= 11 is 5.32. The van der Waals surface area contributed by atoms with E-state index in [0.717, 1.165) is 22.7 Å². The second-order valence-electron chi connectivity index (χ2n) is 4.69. The van der Waals surface area contributed by atoms with Crippen molar-refractivity contribution >= 4 is 28.7 Å². The van der Waals surface area contributed by atoms with Gasteiger partial charge in [-0.1, -0.05) is 36.9 Å². The number of thiocarbonyl (C=S) groups is 1. The monoisotopic (exact) mass is 298 g/mol. The molecule has 0 aliphatic carbocycles. The Kier molecular flexibility index (Phi) is 5.35. The van der Waals surface area contributed by atoms with E-state index in [4.69, 9.17) is 17.0 Å². The number of benzene rings is 2. The van der Waals surface area contributed by atoms with Crippen LogP contribution in [0.15, 0.2) is 66.7 Å². The third-order valence-corrected chi connectivity index (χ3v) is 2.85. The van der Waals surface area contributed by atoms with Crippen LogP contribution in [-0.4, -0.2) is 11.7 Å². The fourth-order valence-electron chi connectivity index (χ4n) is 1.70. The first kappa shape index (κ1) is 15.1. The van der Waals surface area contributed by atoms with E-state index in [1.54, 1.807) is 0 Å². The summed E-state index contributed by atoms with van der Waals surface area (Å²) in [5, 5.41) is 6.80. The molecule has 0 aliphatic rings. The molecule has 0 heterocycles. The number of para-hydroxylation sites is 3. The van der Waals surface area contributed by atoms with Crippen LogP contribution >= 0.6 is 12.2 Å². The minimum absolute atomic E-state index is 0.484. The third kappa shape index (κ3) is 4.93. The highest BCUT2D eigenvalue weighted by atomic mass is 32.1. The molecule has 0 saturated carbocycles. The molecule has 0 spiro atoms. The van der Waals surface area contributed by atoms with E-state index >= 15 is 0 Å². The Labute approximate surface area is 130 Å². The van der Waals surface area contributed by atoms with Crippen molar-refractivity contribution in [3.05, 3.63) is 66.7 Å². The van der Waals surface area contributed by atoms with E-state index in [0.29, 0.717) is 11.7 Å². The molecule has 108 valence electrons. The van der Waals surface area contributed by atoms with Gasteiger partial charge in [0.05, 0.1) is 5.69 Å². The fraction of sp³-hybridized carbons (Fsp3) is 0.118. The molecule has 21 heavy (non-hydrogen) atoms. The van der Waals surface area contributed by atoms with E-state index in [1.807, 2.05) is 61.5 Å². The highest BCUT2D eigenvalue weighted by Crippen LogP contribution is 2.24. The summed E-state index contributed by atoms with van der Waals surface area (Å²) in [5.74, 6) is 0.748. The van der Waals surface area contributed by atoms with Crippen molar-refractivity contribution in [2.75, 3.05) is 17.2 Å². The average molecular weight is 298 g/mol. The summed E-state index contributed by atoms with van der Waals surface area (Å²) in [5.41, 5.74) is 2.73. The molecule has 0 aromatic heterocycles. The van der Waals surface area contributed by atoms with Gasteiger partial charge in [0.2, 0.25) is 0 Å². The van der Waals surface area contributed by atoms with Gasteiger partial charge in [-0.15, -0.1) is 0 Å². The number of hydrogen-bond acceptors (Lipinski definition) is 2. The molecule has 0 unspecified atom stereocenters. The Morgan fingerprint density at radius 1 is 1.05 bits per heavy atom. The molecule has 0 amide bonds. The predicted octanol–water partition coefficient (Wildman–Crippen LogP) is 4.45. The maximum absolute atomic E-state index is 5.70. The summed E-state index contributed by atoms with van der Waals surface area (Å²) in [6, 6.07) is 17.5. The van der Waals surface area contributed by atoms with Gasteiger partial charge in [0.15, 0.2) is 5.11 Å². The van der Waals surface area contributed by atoms with Gasteiger partial charge in [0.25, 0.3) is 0 Å². The Morgan fingerprint density at radius 3 is 2.43 bits per heavy atom. The van der Waals surface area contributed by atoms with Gasteiger partial charge in [0, 0.05) is 5.69 Å². The zero-order valence-electron chi connectivity index (χ0n) is 11.9. The molecule has 0 atom stereocenters. The maximum Gasteiger partial charge on any atom is 0.175 e. The summed E-state index contributed by atoms with van der Waals surface area (Å²) in [6.45, 7) is 6.25. The van der Waals surface area contributed by atoms with Crippen LogP contribution in [0.1, 0.15) is 6.92 Å². The number of nitrogens with one attached hydrogen (secondary N) is 2. The predicted molar refractivity (Wildman–Crippen MR) is 93.0 cm³/mol. The van der Waals surface area contributed by atoms with Crippen molar-refractivity contribution in [2.24, 2.45) is 0 Å². The summed E-state index contributed by atoms with van der Waals surface area (Å²) in [6.07, 6.45) is 0. The van der Waals surface area contributed by atoms with Crippen LogP contribution in [0, 0.1) is 0 Å². The van der Waals surface area contributed by atoms with E-state index in [1.165, 1.54) is 0 Å². The average Bonchev–Trinajstić information content (AvgIpc) is 2.47. The van der Waals surface area contributed by atoms with E-state index in [2.05, 4.69) is 17.2 Å². The Balaban J connectivity index is 2.01. The topological polar surface area (TPSA) is 33.3 Å². The van der Waals surface area contributed by atoms with Crippen LogP contribution in [0.2, 0.25) is 0 Å². The number of ether oxygens (including phenoxy) is 1. The summed E-state index contributed by atoms with van der Waals surface area (Å²) in [7, 11) is 0. The first-order valence-electron chi connectivity index (χ1n) is 6.64. The van der Waals surface area contributed by atoms with Crippen molar-refractivity contribution in [1.29, 1.82) is 0 Å². The molecule has 0 radical (unpaired) electrons. The highest BCUT2D eigenvalue weighted by molar-refractivity contribution is 7.80. The third-order valence-electron chi connectivity index (χ3n) is 2.64. The van der Waals surface area contributed by atoms with Crippen LogP contribution in [-0.2, 0) is 0 Å². The molecule has 0 fully saturated rings. The lowest BCUT2D eigenvalue weighted by atomic mass is 10.3. The largest absolute Gasteiger partial charge is 0.487 e. The van der Waals surface area contributed by atoms with Crippen LogP contribution in [0.4, 0.5) is 11.4 Å². The molecule has 2 aromatic carbocycles. The molecule has 3 nitrogen and oxygen atoms in total. The second kappa shape index (κ2) is 7.45. The van der Waals surface area contributed by atoms with E-state index in [-0.39, 0.29) is 0 Å². The van der Waals surface area contributed by atoms with Gasteiger partial charge < -0.3 is 15.4 Å². The second-order valence-corrected chi connectivity index (χ2v) is 5.10. The lowest BCUT2D eigenvalue weighted by molar-refractivity contribution is 0.354. The van der Waals surface area contributed by atoms with Gasteiger partial charge in [-0.3, -0.25) is 0 Å². The zero-order valence-corrected chi connectivity index (χ0v) is 12.7. The van der Waals surface area contributed by atoms with Gasteiger partial charge >= 0.3 is 0 Å². The molecular formula is C17H18N2OS. The van der Waals surface area contributed by atoms with Crippen LogP contribution in [0.3, 0.4) is 0 Å². The fourth-order valence-corrected chi connectivity index (χ4v) is 1.93. The quantitative estimate of drug-likeness (QED) is 0.631. The molecule has 0 aliphatic heterocycles. The molecule has 0 saturated heterocycles. The Hall–Kier alpha value is -2.33. The SMILES string of the molecule is C=C(C)COc1ccccc1NC(=S)Nc1ccccc1.